The maximum Gasteiger partial charge on any atom is 0.0905 e. The summed E-state index contributed by atoms with van der Waals surface area (Å²) in [5.41, 5.74) is 0. The van der Waals surface area contributed by atoms with Gasteiger partial charge in [0, 0.05) is 13.6 Å². The number of rotatable bonds is 3. The zero-order valence-corrected chi connectivity index (χ0v) is 10.0. The largest absolute Gasteiger partial charge is 0.393 e. The molecule has 1 saturated carbocycles. The molecule has 0 radical (unpaired) electrons. The molecule has 84 valence electrons. The van der Waals surface area contributed by atoms with Crippen molar-refractivity contribution in [3.8, 4) is 0 Å². The first-order valence-corrected chi connectivity index (χ1v) is 6.56. The molecule has 0 aliphatic heterocycles. The van der Waals surface area contributed by atoms with Crippen LogP contribution < -0.4 is 4.90 Å². The van der Waals surface area contributed by atoms with Crippen molar-refractivity contribution in [3.63, 3.8) is 0 Å². The molecule has 0 atom stereocenters. The molecule has 0 spiro atoms. The smallest absolute Gasteiger partial charge is 0.0905 e. The van der Waals surface area contributed by atoms with Crippen molar-refractivity contribution >= 4 is 16.3 Å². The van der Waals surface area contributed by atoms with Crippen LogP contribution in [0.25, 0.3) is 0 Å². The van der Waals surface area contributed by atoms with Crippen molar-refractivity contribution in [1.82, 2.24) is 0 Å². The highest BCUT2D eigenvalue weighted by Gasteiger charge is 2.20. The Morgan fingerprint density at radius 2 is 2.13 bits per heavy atom. The van der Waals surface area contributed by atoms with Crippen molar-refractivity contribution in [2.75, 3.05) is 18.5 Å². The summed E-state index contributed by atoms with van der Waals surface area (Å²) in [5.74, 6) is 0.764. The Labute approximate surface area is 95.5 Å². The second kappa shape index (κ2) is 4.99. The molecule has 15 heavy (non-hydrogen) atoms. The number of hydrogen-bond donors (Lipinski definition) is 1. The van der Waals surface area contributed by atoms with Gasteiger partial charge in [-0.3, -0.25) is 0 Å². The van der Waals surface area contributed by atoms with Crippen LogP contribution in [-0.4, -0.2) is 24.8 Å². The minimum Gasteiger partial charge on any atom is -0.393 e. The summed E-state index contributed by atoms with van der Waals surface area (Å²) in [6.07, 6.45) is 4.30. The third kappa shape index (κ3) is 2.95. The van der Waals surface area contributed by atoms with Crippen molar-refractivity contribution in [3.05, 3.63) is 17.5 Å². The number of hydrogen-bond acceptors (Lipinski definition) is 3. The van der Waals surface area contributed by atoms with Crippen LogP contribution in [0, 0.1) is 5.92 Å². The van der Waals surface area contributed by atoms with Crippen molar-refractivity contribution in [2.45, 2.75) is 31.8 Å². The standard InChI is InChI=1S/C12H19NOS/c1-13(12-3-2-8-15-12)9-10-4-6-11(14)7-5-10/h2-3,8,10-11,14H,4-7,9H2,1H3. The summed E-state index contributed by atoms with van der Waals surface area (Å²) in [7, 11) is 2.16. The van der Waals surface area contributed by atoms with Gasteiger partial charge < -0.3 is 10.0 Å². The van der Waals surface area contributed by atoms with Crippen molar-refractivity contribution in [1.29, 1.82) is 0 Å². The van der Waals surface area contributed by atoms with Gasteiger partial charge in [-0.15, -0.1) is 11.3 Å². The lowest BCUT2D eigenvalue weighted by Crippen LogP contribution is -2.29. The summed E-state index contributed by atoms with van der Waals surface area (Å²) in [6, 6.07) is 4.27. The Kier molecular flexibility index (Phi) is 3.65. The quantitative estimate of drug-likeness (QED) is 0.855. The average Bonchev–Trinajstić information content (AvgIpc) is 2.74. The Balaban J connectivity index is 1.82. The Bertz CT molecular complexity index is 278. The molecule has 1 fully saturated rings. The van der Waals surface area contributed by atoms with Crippen LogP contribution in [0.3, 0.4) is 0 Å². The van der Waals surface area contributed by atoms with Crippen LogP contribution >= 0.6 is 11.3 Å². The molecule has 0 aromatic carbocycles. The number of anilines is 1. The van der Waals surface area contributed by atoms with Gasteiger partial charge in [0.1, 0.15) is 0 Å². The van der Waals surface area contributed by atoms with Crippen LogP contribution in [-0.2, 0) is 0 Å². The van der Waals surface area contributed by atoms with Crippen LogP contribution in [0.15, 0.2) is 17.5 Å². The van der Waals surface area contributed by atoms with E-state index in [1.54, 1.807) is 11.3 Å². The predicted molar refractivity (Wildman–Crippen MR) is 65.6 cm³/mol. The van der Waals surface area contributed by atoms with Crippen LogP contribution in [0.4, 0.5) is 5.00 Å². The molecule has 1 aliphatic carbocycles. The molecule has 1 aromatic rings. The number of aliphatic hydroxyl groups is 1. The van der Waals surface area contributed by atoms with Gasteiger partial charge in [0.05, 0.1) is 11.1 Å². The first-order chi connectivity index (χ1) is 7.25. The second-order valence-electron chi connectivity index (χ2n) is 4.51. The molecule has 0 bridgehead atoms. The molecular formula is C12H19NOS. The maximum atomic E-state index is 9.43. The Hall–Kier alpha value is -0.540. The highest BCUT2D eigenvalue weighted by molar-refractivity contribution is 7.14. The summed E-state index contributed by atoms with van der Waals surface area (Å²) in [5, 5.41) is 12.9. The van der Waals surface area contributed by atoms with Gasteiger partial charge in [-0.1, -0.05) is 0 Å². The third-order valence-corrected chi connectivity index (χ3v) is 4.21. The van der Waals surface area contributed by atoms with Gasteiger partial charge in [-0.05, 0) is 49.1 Å². The first-order valence-electron chi connectivity index (χ1n) is 5.68. The van der Waals surface area contributed by atoms with E-state index < -0.39 is 0 Å². The predicted octanol–water partition coefficient (Wildman–Crippen LogP) is 2.74. The highest BCUT2D eigenvalue weighted by Crippen LogP contribution is 2.27. The van der Waals surface area contributed by atoms with Gasteiger partial charge in [0.2, 0.25) is 0 Å². The Morgan fingerprint density at radius 3 is 2.73 bits per heavy atom. The minimum atomic E-state index is -0.0340. The van der Waals surface area contributed by atoms with Crippen molar-refractivity contribution < 1.29 is 5.11 Å². The minimum absolute atomic E-state index is 0.0340. The molecule has 1 aromatic heterocycles. The molecule has 0 unspecified atom stereocenters. The summed E-state index contributed by atoms with van der Waals surface area (Å²) >= 11 is 1.80. The van der Waals surface area contributed by atoms with E-state index >= 15 is 0 Å². The molecule has 1 heterocycles. The van der Waals surface area contributed by atoms with Gasteiger partial charge in [-0.2, -0.15) is 0 Å². The lowest BCUT2D eigenvalue weighted by molar-refractivity contribution is 0.110. The number of thiophene rings is 1. The van der Waals surface area contributed by atoms with Gasteiger partial charge in [0.25, 0.3) is 0 Å². The highest BCUT2D eigenvalue weighted by atomic mass is 32.1. The van der Waals surface area contributed by atoms with Crippen LogP contribution in [0.5, 0.6) is 0 Å². The second-order valence-corrected chi connectivity index (χ2v) is 5.43. The van der Waals surface area contributed by atoms with E-state index in [2.05, 4.69) is 29.5 Å². The van der Waals surface area contributed by atoms with E-state index in [0.29, 0.717) is 0 Å². The van der Waals surface area contributed by atoms with E-state index in [1.165, 1.54) is 17.8 Å². The summed E-state index contributed by atoms with van der Waals surface area (Å²) in [6.45, 7) is 1.13. The van der Waals surface area contributed by atoms with E-state index in [9.17, 15) is 5.11 Å². The van der Waals surface area contributed by atoms with E-state index in [4.69, 9.17) is 0 Å². The van der Waals surface area contributed by atoms with Gasteiger partial charge in [0.15, 0.2) is 0 Å². The fourth-order valence-electron chi connectivity index (χ4n) is 2.29. The van der Waals surface area contributed by atoms with Crippen LogP contribution in [0.1, 0.15) is 25.7 Å². The van der Waals surface area contributed by atoms with Crippen molar-refractivity contribution in [2.24, 2.45) is 5.92 Å². The fourth-order valence-corrected chi connectivity index (χ4v) is 3.00. The summed E-state index contributed by atoms with van der Waals surface area (Å²) in [4.78, 5) is 2.34. The van der Waals surface area contributed by atoms with Gasteiger partial charge in [-0.25, -0.2) is 0 Å². The molecule has 1 N–H and O–H groups in total. The molecule has 0 amide bonds. The monoisotopic (exact) mass is 225 g/mol. The number of aliphatic hydroxyl groups excluding tert-OH is 1. The zero-order chi connectivity index (χ0) is 10.7. The zero-order valence-electron chi connectivity index (χ0n) is 9.22. The molecule has 2 rings (SSSR count). The number of nitrogens with zero attached hydrogens (tertiary/aromatic N) is 1. The van der Waals surface area contributed by atoms with Gasteiger partial charge >= 0.3 is 0 Å². The lowest BCUT2D eigenvalue weighted by Gasteiger charge is -2.29. The molecule has 2 nitrogen and oxygen atoms in total. The topological polar surface area (TPSA) is 23.5 Å². The molecule has 0 saturated heterocycles. The third-order valence-electron chi connectivity index (χ3n) is 3.23. The van der Waals surface area contributed by atoms with E-state index in [-0.39, 0.29) is 6.10 Å². The fraction of sp³-hybridized carbons (Fsp3) is 0.667. The van der Waals surface area contributed by atoms with Crippen LogP contribution in [0.2, 0.25) is 0 Å². The lowest BCUT2D eigenvalue weighted by atomic mass is 9.87. The summed E-state index contributed by atoms with van der Waals surface area (Å²) < 4.78 is 0. The molecule has 1 aliphatic rings. The first kappa shape index (κ1) is 11.0. The average molecular weight is 225 g/mol. The normalized spacial score (nSPS) is 26.5. The molecule has 3 heteroatoms. The van der Waals surface area contributed by atoms with E-state index in [1.807, 2.05) is 0 Å². The molecular weight excluding hydrogens is 206 g/mol. The van der Waals surface area contributed by atoms with E-state index in [0.717, 1.165) is 25.3 Å². The SMILES string of the molecule is CN(CC1CCC(O)CC1)c1cccs1. The Morgan fingerprint density at radius 1 is 1.40 bits per heavy atom. The maximum absolute atomic E-state index is 9.43.